The zero-order chi connectivity index (χ0) is 13.8. The van der Waals surface area contributed by atoms with Gasteiger partial charge in [-0.2, -0.15) is 5.10 Å². The van der Waals surface area contributed by atoms with E-state index in [1.165, 1.54) is 12.1 Å². The number of aromatic carboxylic acids is 1. The molecule has 1 aromatic heterocycles. The van der Waals surface area contributed by atoms with Crippen LogP contribution in [0.25, 0.3) is 0 Å². The van der Waals surface area contributed by atoms with Crippen molar-refractivity contribution in [3.05, 3.63) is 46.2 Å². The fourth-order valence-corrected chi connectivity index (χ4v) is 1.92. The van der Waals surface area contributed by atoms with Crippen molar-refractivity contribution in [3.63, 3.8) is 0 Å². The number of ether oxygens (including phenoxy) is 1. The Kier molecular flexibility index (Phi) is 4.21. The predicted octanol–water partition coefficient (Wildman–Crippen LogP) is 2.94. The number of carboxylic acids is 1. The summed E-state index contributed by atoms with van der Waals surface area (Å²) < 4.78 is 8.14. The van der Waals surface area contributed by atoms with E-state index in [-0.39, 0.29) is 5.56 Å². The Morgan fingerprint density at radius 2 is 2.32 bits per heavy atom. The molecule has 2 aromatic rings. The maximum atomic E-state index is 10.9. The smallest absolute Gasteiger partial charge is 0.335 e. The Bertz CT molecular complexity index is 595. The molecule has 100 valence electrons. The van der Waals surface area contributed by atoms with Gasteiger partial charge in [0.2, 0.25) is 0 Å². The molecular formula is C13H13BrN2O3. The van der Waals surface area contributed by atoms with E-state index in [1.54, 1.807) is 16.9 Å². The number of aromatic nitrogens is 2. The molecule has 0 fully saturated rings. The second kappa shape index (κ2) is 5.88. The highest BCUT2D eigenvalue weighted by molar-refractivity contribution is 9.10. The molecule has 0 radical (unpaired) electrons. The molecule has 0 saturated carbocycles. The fourth-order valence-electron chi connectivity index (χ4n) is 1.56. The van der Waals surface area contributed by atoms with Gasteiger partial charge in [0.1, 0.15) is 12.4 Å². The molecule has 0 bridgehead atoms. The number of carboxylic acid groups (broad SMARTS) is 1. The van der Waals surface area contributed by atoms with Crippen molar-refractivity contribution in [2.45, 2.75) is 20.1 Å². The van der Waals surface area contributed by atoms with Crippen LogP contribution >= 0.6 is 15.9 Å². The fraction of sp³-hybridized carbons (Fsp3) is 0.231. The van der Waals surface area contributed by atoms with Gasteiger partial charge in [-0.15, -0.1) is 0 Å². The van der Waals surface area contributed by atoms with Crippen LogP contribution < -0.4 is 4.74 Å². The molecule has 1 heterocycles. The Morgan fingerprint density at radius 1 is 1.53 bits per heavy atom. The van der Waals surface area contributed by atoms with Gasteiger partial charge in [-0.05, 0) is 41.1 Å². The lowest BCUT2D eigenvalue weighted by Crippen LogP contribution is -1.99. The van der Waals surface area contributed by atoms with Crippen LogP contribution in [-0.2, 0) is 13.2 Å². The molecule has 0 spiro atoms. The van der Waals surface area contributed by atoms with Crippen LogP contribution in [0.2, 0.25) is 0 Å². The van der Waals surface area contributed by atoms with Crippen LogP contribution in [0.5, 0.6) is 5.75 Å². The van der Waals surface area contributed by atoms with Gasteiger partial charge in [-0.25, -0.2) is 4.79 Å². The molecule has 0 aliphatic carbocycles. The maximum Gasteiger partial charge on any atom is 0.335 e. The zero-order valence-electron chi connectivity index (χ0n) is 10.3. The summed E-state index contributed by atoms with van der Waals surface area (Å²) in [5.41, 5.74) is 1.14. The van der Waals surface area contributed by atoms with E-state index in [0.29, 0.717) is 12.4 Å². The third kappa shape index (κ3) is 3.35. The van der Waals surface area contributed by atoms with E-state index in [9.17, 15) is 4.79 Å². The molecule has 2 rings (SSSR count). The summed E-state index contributed by atoms with van der Waals surface area (Å²) in [6, 6.07) is 4.68. The summed E-state index contributed by atoms with van der Waals surface area (Å²) >= 11 is 3.33. The molecule has 0 unspecified atom stereocenters. The molecule has 19 heavy (non-hydrogen) atoms. The third-order valence-electron chi connectivity index (χ3n) is 2.58. The van der Waals surface area contributed by atoms with Crippen LogP contribution in [0.1, 0.15) is 22.8 Å². The van der Waals surface area contributed by atoms with Crippen molar-refractivity contribution >= 4 is 21.9 Å². The first-order valence-electron chi connectivity index (χ1n) is 5.77. The first-order chi connectivity index (χ1) is 9.10. The van der Waals surface area contributed by atoms with Crippen molar-refractivity contribution < 1.29 is 14.6 Å². The molecule has 0 atom stereocenters. The van der Waals surface area contributed by atoms with E-state index in [0.717, 1.165) is 16.6 Å². The topological polar surface area (TPSA) is 64.3 Å². The molecule has 0 amide bonds. The van der Waals surface area contributed by atoms with Gasteiger partial charge < -0.3 is 9.84 Å². The normalized spacial score (nSPS) is 10.4. The molecule has 0 aliphatic heterocycles. The zero-order valence-corrected chi connectivity index (χ0v) is 11.9. The number of benzene rings is 1. The predicted molar refractivity (Wildman–Crippen MR) is 73.3 cm³/mol. The number of halogens is 1. The summed E-state index contributed by atoms with van der Waals surface area (Å²) in [6.45, 7) is 3.16. The second-order valence-corrected chi connectivity index (χ2v) is 4.80. The number of nitrogens with zero attached hydrogens (tertiary/aromatic N) is 2. The minimum absolute atomic E-state index is 0.197. The van der Waals surface area contributed by atoms with Gasteiger partial charge in [0.05, 0.1) is 16.2 Å². The average Bonchev–Trinajstić information content (AvgIpc) is 2.85. The molecular weight excluding hydrogens is 312 g/mol. The van der Waals surface area contributed by atoms with Crippen molar-refractivity contribution in [2.75, 3.05) is 0 Å². The van der Waals surface area contributed by atoms with Gasteiger partial charge in [-0.3, -0.25) is 4.68 Å². The minimum Gasteiger partial charge on any atom is -0.488 e. The van der Waals surface area contributed by atoms with Gasteiger partial charge in [-0.1, -0.05) is 0 Å². The molecule has 0 aliphatic rings. The standard InChI is InChI=1S/C13H13BrN2O3/c1-2-16-7-9(6-15-16)8-19-12-5-10(13(17)18)3-4-11(12)14/h3-7H,2,8H2,1H3,(H,17,18). The van der Waals surface area contributed by atoms with Gasteiger partial charge >= 0.3 is 5.97 Å². The molecule has 5 nitrogen and oxygen atoms in total. The van der Waals surface area contributed by atoms with Crippen molar-refractivity contribution in [2.24, 2.45) is 0 Å². The van der Waals surface area contributed by atoms with Gasteiger partial charge in [0, 0.05) is 18.3 Å². The first-order valence-corrected chi connectivity index (χ1v) is 6.56. The summed E-state index contributed by atoms with van der Waals surface area (Å²) in [5.74, 6) is -0.472. The van der Waals surface area contributed by atoms with E-state index >= 15 is 0 Å². The van der Waals surface area contributed by atoms with Gasteiger partial charge in [0.25, 0.3) is 0 Å². The second-order valence-electron chi connectivity index (χ2n) is 3.94. The SMILES string of the molecule is CCn1cc(COc2cc(C(=O)O)ccc2Br)cn1. The Hall–Kier alpha value is -1.82. The highest BCUT2D eigenvalue weighted by Crippen LogP contribution is 2.26. The van der Waals surface area contributed by atoms with E-state index in [1.807, 2.05) is 13.1 Å². The largest absolute Gasteiger partial charge is 0.488 e. The Balaban J connectivity index is 2.10. The lowest BCUT2D eigenvalue weighted by molar-refractivity contribution is 0.0696. The van der Waals surface area contributed by atoms with Crippen molar-refractivity contribution in [3.8, 4) is 5.75 Å². The van der Waals surface area contributed by atoms with Gasteiger partial charge in [0.15, 0.2) is 0 Å². The number of hydrogen-bond acceptors (Lipinski definition) is 3. The van der Waals surface area contributed by atoms with E-state index in [4.69, 9.17) is 9.84 Å². The number of rotatable bonds is 5. The molecule has 0 saturated heterocycles. The highest BCUT2D eigenvalue weighted by atomic mass is 79.9. The summed E-state index contributed by atoms with van der Waals surface area (Å²) in [6.07, 6.45) is 3.63. The highest BCUT2D eigenvalue weighted by Gasteiger charge is 2.08. The third-order valence-corrected chi connectivity index (χ3v) is 3.24. The summed E-state index contributed by atoms with van der Waals surface area (Å²) in [7, 11) is 0. The van der Waals surface area contributed by atoms with Crippen molar-refractivity contribution in [1.29, 1.82) is 0 Å². The number of aryl methyl sites for hydroxylation is 1. The first kappa shape index (κ1) is 13.6. The minimum atomic E-state index is -0.976. The molecule has 1 aromatic carbocycles. The average molecular weight is 325 g/mol. The van der Waals surface area contributed by atoms with Crippen LogP contribution in [0, 0.1) is 0 Å². The number of hydrogen-bond donors (Lipinski definition) is 1. The summed E-state index contributed by atoms with van der Waals surface area (Å²) in [4.78, 5) is 10.9. The lowest BCUT2D eigenvalue weighted by Gasteiger charge is -2.07. The van der Waals surface area contributed by atoms with E-state index < -0.39 is 5.97 Å². The molecule has 6 heteroatoms. The van der Waals surface area contributed by atoms with Crippen LogP contribution in [0.15, 0.2) is 35.1 Å². The quantitative estimate of drug-likeness (QED) is 0.918. The lowest BCUT2D eigenvalue weighted by atomic mass is 10.2. The van der Waals surface area contributed by atoms with Crippen LogP contribution in [0.4, 0.5) is 0 Å². The van der Waals surface area contributed by atoms with Crippen LogP contribution in [-0.4, -0.2) is 20.9 Å². The van der Waals surface area contributed by atoms with E-state index in [2.05, 4.69) is 21.0 Å². The summed E-state index contributed by atoms with van der Waals surface area (Å²) in [5, 5.41) is 13.1. The van der Waals surface area contributed by atoms with Crippen molar-refractivity contribution in [1.82, 2.24) is 9.78 Å². The Labute approximate surface area is 118 Å². The molecule has 1 N–H and O–H groups in total. The number of carbonyl (C=O) groups is 1. The monoisotopic (exact) mass is 324 g/mol. The van der Waals surface area contributed by atoms with Crippen LogP contribution in [0.3, 0.4) is 0 Å². The maximum absolute atomic E-state index is 10.9. The Morgan fingerprint density at radius 3 is 2.95 bits per heavy atom.